The Hall–Kier alpha value is -4.80. The molecular weight excluding hydrogens is 840 g/mol. The van der Waals surface area contributed by atoms with Crippen molar-refractivity contribution >= 4 is 88.7 Å². The second-order valence-electron chi connectivity index (χ2n) is 27.1. The van der Waals surface area contributed by atoms with Crippen molar-refractivity contribution in [1.29, 1.82) is 0 Å². The van der Waals surface area contributed by atoms with Crippen LogP contribution in [-0.4, -0.2) is 6.71 Å². The van der Waals surface area contributed by atoms with Gasteiger partial charge in [0.2, 0.25) is 0 Å². The first-order valence-corrected chi connectivity index (χ1v) is 26.7. The van der Waals surface area contributed by atoms with E-state index in [4.69, 9.17) is 0 Å². The summed E-state index contributed by atoms with van der Waals surface area (Å²) in [7, 11) is 0. The molecule has 0 unspecified atom stereocenters. The predicted molar refractivity (Wildman–Crippen MR) is 298 cm³/mol. The minimum Gasteiger partial charge on any atom is -0.311 e. The molecule has 0 amide bonds. The van der Waals surface area contributed by atoms with Crippen molar-refractivity contribution in [3.8, 4) is 0 Å². The number of hydrogen-bond donors (Lipinski definition) is 0. The summed E-state index contributed by atoms with van der Waals surface area (Å²) >= 11 is 1.96. The lowest BCUT2D eigenvalue weighted by Gasteiger charge is -2.49. The average molecular weight is 913 g/mol. The minimum absolute atomic E-state index is 0.0514. The topological polar surface area (TPSA) is 6.48 Å². The third-order valence-electron chi connectivity index (χ3n) is 18.4. The van der Waals surface area contributed by atoms with Crippen LogP contribution >= 0.6 is 11.3 Å². The number of fused-ring (bicyclic) bond motifs is 10. The Bertz CT molecular complexity index is 3340. The normalized spacial score (nSPS) is 20.7. The van der Waals surface area contributed by atoms with Crippen LogP contribution in [0.4, 0.5) is 34.1 Å². The van der Waals surface area contributed by atoms with Gasteiger partial charge in [-0.15, -0.1) is 11.3 Å². The maximum absolute atomic E-state index is 2.78. The quantitative estimate of drug-likeness (QED) is 0.159. The van der Waals surface area contributed by atoms with E-state index in [1.807, 2.05) is 11.3 Å². The monoisotopic (exact) mass is 913 g/mol. The smallest absolute Gasteiger partial charge is 0.252 e. The minimum atomic E-state index is -0.106. The van der Waals surface area contributed by atoms with Crippen LogP contribution < -0.4 is 26.2 Å². The number of rotatable bonds is 2. The van der Waals surface area contributed by atoms with Crippen molar-refractivity contribution in [2.45, 2.75) is 181 Å². The van der Waals surface area contributed by atoms with Gasteiger partial charge in [-0.2, -0.15) is 0 Å². The van der Waals surface area contributed by atoms with Crippen LogP contribution in [0.1, 0.15) is 180 Å². The first kappa shape index (κ1) is 44.4. The Kier molecular flexibility index (Phi) is 8.98. The molecule has 3 aliphatic carbocycles. The van der Waals surface area contributed by atoms with Crippen LogP contribution in [-0.2, 0) is 37.9 Å². The van der Waals surface area contributed by atoms with E-state index in [9.17, 15) is 0 Å². The van der Waals surface area contributed by atoms with Gasteiger partial charge in [0.05, 0.1) is 10.4 Å². The summed E-state index contributed by atoms with van der Waals surface area (Å²) in [5, 5.41) is 2.69. The molecule has 0 fully saturated rings. The number of aryl methyl sites for hydroxylation is 1. The molecule has 0 N–H and O–H groups in total. The zero-order valence-corrected chi connectivity index (χ0v) is 44.9. The number of thiophene rings is 1. The van der Waals surface area contributed by atoms with Gasteiger partial charge in [-0.3, -0.25) is 0 Å². The molecule has 3 heterocycles. The summed E-state index contributed by atoms with van der Waals surface area (Å²) in [5.74, 6) is 0. The molecule has 0 spiro atoms. The number of anilines is 6. The number of benzene rings is 6. The van der Waals surface area contributed by atoms with Crippen molar-refractivity contribution in [1.82, 2.24) is 0 Å². The maximum atomic E-state index is 2.78. The molecule has 1 aromatic heterocycles. The van der Waals surface area contributed by atoms with E-state index in [1.54, 1.807) is 0 Å². The highest BCUT2D eigenvalue weighted by atomic mass is 32.1. The zero-order chi connectivity index (χ0) is 48.2. The fraction of sp³-hybridized carbons (Fsp3) is 0.438. The zero-order valence-electron chi connectivity index (χ0n) is 44.1. The van der Waals surface area contributed by atoms with E-state index in [-0.39, 0.29) is 44.6 Å². The van der Waals surface area contributed by atoms with Crippen LogP contribution in [0.3, 0.4) is 0 Å². The first-order valence-electron chi connectivity index (χ1n) is 25.9. The summed E-state index contributed by atoms with van der Waals surface area (Å²) in [6.45, 7) is 39.7. The summed E-state index contributed by atoms with van der Waals surface area (Å²) in [6, 6.07) is 37.5. The van der Waals surface area contributed by atoms with Gasteiger partial charge >= 0.3 is 0 Å². The van der Waals surface area contributed by atoms with E-state index in [0.717, 1.165) is 6.42 Å². The van der Waals surface area contributed by atoms with Crippen molar-refractivity contribution in [2.24, 2.45) is 0 Å². The standard InChI is InChI=1S/C64H73BN2S/c1-37-28-41-46(64(15,16)36-63(41,13)14)33-50(37)67-52-35-45-43(60(7,8)25-27-62(45,11)12)32-48(52)65-47-31-42-44(61(9,10)26-24-59(42,5)6)34-51(47)66(53-29-38(58(2,3)4)30-54(67)56(53)65)49-22-19-21-40-39-20-17-18-23-55(39)68-57(40)49/h17-23,28-35H,24-27,36H2,1-16H3. The van der Waals surface area contributed by atoms with Gasteiger partial charge in [-0.25, -0.2) is 0 Å². The second-order valence-corrected chi connectivity index (χ2v) is 28.2. The molecule has 5 aliphatic rings. The van der Waals surface area contributed by atoms with Gasteiger partial charge < -0.3 is 9.80 Å². The SMILES string of the molecule is Cc1cc2c(cc1N1c3cc4c(cc3B3c5cc6c(cc5N(c5cccc7c5sc5ccccc57)c5cc(C(C)(C)C)cc1c53)C(C)(C)CCC6(C)C)C(C)(C)CCC4(C)C)C(C)(C)CC2(C)C. The van der Waals surface area contributed by atoms with Crippen LogP contribution in [0.5, 0.6) is 0 Å². The summed E-state index contributed by atoms with van der Waals surface area (Å²) in [5.41, 5.74) is 24.5. The Labute approximate surface area is 412 Å². The molecule has 0 saturated heterocycles. The predicted octanol–water partition coefficient (Wildman–Crippen LogP) is 16.4. The van der Waals surface area contributed by atoms with E-state index in [0.29, 0.717) is 0 Å². The molecule has 2 aliphatic heterocycles. The highest BCUT2D eigenvalue weighted by molar-refractivity contribution is 7.26. The summed E-state index contributed by atoms with van der Waals surface area (Å²) < 4.78 is 2.70. The molecule has 68 heavy (non-hydrogen) atoms. The number of nitrogens with zero attached hydrogens (tertiary/aromatic N) is 2. The molecule has 0 bridgehead atoms. The fourth-order valence-corrected chi connectivity index (χ4v) is 15.5. The highest BCUT2D eigenvalue weighted by Crippen LogP contribution is 2.57. The third-order valence-corrected chi connectivity index (χ3v) is 19.6. The molecule has 0 radical (unpaired) electrons. The lowest BCUT2D eigenvalue weighted by Crippen LogP contribution is -2.62. The molecule has 6 aromatic carbocycles. The molecule has 0 atom stereocenters. The molecule has 348 valence electrons. The molecule has 2 nitrogen and oxygen atoms in total. The summed E-state index contributed by atoms with van der Waals surface area (Å²) in [6.07, 6.45) is 5.88. The lowest BCUT2D eigenvalue weighted by molar-refractivity contribution is 0.332. The molecular formula is C64H73BN2S. The van der Waals surface area contributed by atoms with Gasteiger partial charge in [0, 0.05) is 43.9 Å². The largest absolute Gasteiger partial charge is 0.311 e. The highest BCUT2D eigenvalue weighted by Gasteiger charge is 2.50. The van der Waals surface area contributed by atoms with E-state index < -0.39 is 0 Å². The Morgan fingerprint density at radius 1 is 0.456 bits per heavy atom. The van der Waals surface area contributed by atoms with Gasteiger partial charge in [0.15, 0.2) is 0 Å². The van der Waals surface area contributed by atoms with E-state index in [1.165, 1.54) is 141 Å². The summed E-state index contributed by atoms with van der Waals surface area (Å²) in [4.78, 5) is 5.54. The Morgan fingerprint density at radius 3 is 1.43 bits per heavy atom. The van der Waals surface area contributed by atoms with E-state index >= 15 is 0 Å². The van der Waals surface area contributed by atoms with Crippen molar-refractivity contribution < 1.29 is 0 Å². The lowest BCUT2D eigenvalue weighted by atomic mass is 9.32. The van der Waals surface area contributed by atoms with Crippen LogP contribution in [0.2, 0.25) is 0 Å². The molecule has 0 saturated carbocycles. The Morgan fingerprint density at radius 2 is 0.897 bits per heavy atom. The number of hydrogen-bond acceptors (Lipinski definition) is 3. The van der Waals surface area contributed by atoms with Crippen LogP contribution in [0, 0.1) is 6.92 Å². The van der Waals surface area contributed by atoms with Crippen LogP contribution in [0.25, 0.3) is 20.2 Å². The Balaban J connectivity index is 1.27. The van der Waals surface area contributed by atoms with Crippen molar-refractivity contribution in [3.63, 3.8) is 0 Å². The average Bonchev–Trinajstić information content (AvgIpc) is 3.72. The van der Waals surface area contributed by atoms with Gasteiger partial charge in [0.1, 0.15) is 0 Å². The second kappa shape index (κ2) is 13.7. The van der Waals surface area contributed by atoms with E-state index in [2.05, 4.69) is 212 Å². The van der Waals surface area contributed by atoms with Gasteiger partial charge in [-0.05, 0) is 180 Å². The van der Waals surface area contributed by atoms with Gasteiger partial charge in [0.25, 0.3) is 6.71 Å². The molecule has 4 heteroatoms. The molecule has 7 aromatic rings. The van der Waals surface area contributed by atoms with Crippen molar-refractivity contribution in [3.05, 3.63) is 136 Å². The van der Waals surface area contributed by atoms with Crippen LogP contribution in [0.15, 0.2) is 91.0 Å². The van der Waals surface area contributed by atoms with Crippen molar-refractivity contribution in [2.75, 3.05) is 9.80 Å². The van der Waals surface area contributed by atoms with Gasteiger partial charge in [-0.1, -0.05) is 152 Å². The molecule has 12 rings (SSSR count). The third kappa shape index (κ3) is 6.13. The first-order chi connectivity index (χ1) is 31.7. The fourth-order valence-electron chi connectivity index (χ4n) is 14.3. The maximum Gasteiger partial charge on any atom is 0.252 e.